The van der Waals surface area contributed by atoms with Crippen molar-refractivity contribution in [3.05, 3.63) is 42.0 Å². The summed E-state index contributed by atoms with van der Waals surface area (Å²) in [5.41, 5.74) is 1.52. The van der Waals surface area contributed by atoms with Gasteiger partial charge in [0, 0.05) is 23.5 Å². The van der Waals surface area contributed by atoms with E-state index < -0.39 is 0 Å². The van der Waals surface area contributed by atoms with Crippen LogP contribution in [0.4, 0.5) is 0 Å². The molecule has 1 aromatic rings. The standard InChI is InChI=1S/C15H18O2S/c1-2-4-14(5-3-1)18-12-13-6-8-15(9-7-13)16-10-11-17-15/h1-6H,7-12H2. The van der Waals surface area contributed by atoms with Crippen molar-refractivity contribution >= 4 is 11.8 Å². The summed E-state index contributed by atoms with van der Waals surface area (Å²) in [4.78, 5) is 1.34. The fraction of sp³-hybridized carbons (Fsp3) is 0.467. The summed E-state index contributed by atoms with van der Waals surface area (Å²) in [5, 5.41) is 0. The van der Waals surface area contributed by atoms with Crippen molar-refractivity contribution in [3.8, 4) is 0 Å². The number of thioether (sulfide) groups is 1. The maximum atomic E-state index is 5.72. The lowest BCUT2D eigenvalue weighted by atomic mass is 9.95. The molecule has 1 aliphatic carbocycles. The zero-order chi connectivity index (χ0) is 12.3. The summed E-state index contributed by atoms with van der Waals surface area (Å²) in [6, 6.07) is 10.6. The van der Waals surface area contributed by atoms with Crippen molar-refractivity contribution < 1.29 is 9.47 Å². The first-order valence-electron chi connectivity index (χ1n) is 6.50. The van der Waals surface area contributed by atoms with Crippen molar-refractivity contribution in [2.45, 2.75) is 29.9 Å². The molecule has 0 N–H and O–H groups in total. The molecule has 1 saturated heterocycles. The average Bonchev–Trinajstić information content (AvgIpc) is 2.88. The van der Waals surface area contributed by atoms with Crippen molar-refractivity contribution in [2.24, 2.45) is 0 Å². The van der Waals surface area contributed by atoms with E-state index in [9.17, 15) is 0 Å². The Morgan fingerprint density at radius 3 is 2.56 bits per heavy atom. The van der Waals surface area contributed by atoms with Crippen molar-refractivity contribution in [3.63, 3.8) is 0 Å². The third kappa shape index (κ3) is 2.79. The van der Waals surface area contributed by atoms with E-state index in [-0.39, 0.29) is 5.79 Å². The molecule has 0 bridgehead atoms. The lowest BCUT2D eigenvalue weighted by molar-refractivity contribution is -0.161. The largest absolute Gasteiger partial charge is 0.347 e. The summed E-state index contributed by atoms with van der Waals surface area (Å²) in [7, 11) is 0. The van der Waals surface area contributed by atoms with Gasteiger partial charge in [0.25, 0.3) is 0 Å². The zero-order valence-electron chi connectivity index (χ0n) is 10.4. The summed E-state index contributed by atoms with van der Waals surface area (Å²) in [5.74, 6) is 0.807. The highest BCUT2D eigenvalue weighted by Gasteiger charge is 2.37. The number of ether oxygens (including phenoxy) is 2. The summed E-state index contributed by atoms with van der Waals surface area (Å²) in [6.07, 6.45) is 5.33. The van der Waals surface area contributed by atoms with E-state index in [0.29, 0.717) is 0 Å². The van der Waals surface area contributed by atoms with Gasteiger partial charge in [-0.15, -0.1) is 11.8 Å². The number of rotatable bonds is 3. The highest BCUT2D eigenvalue weighted by molar-refractivity contribution is 7.99. The zero-order valence-corrected chi connectivity index (χ0v) is 11.2. The molecule has 0 atom stereocenters. The van der Waals surface area contributed by atoms with Gasteiger partial charge in [-0.25, -0.2) is 0 Å². The van der Waals surface area contributed by atoms with Gasteiger partial charge in [0.2, 0.25) is 0 Å². The minimum atomic E-state index is -0.277. The molecule has 3 rings (SSSR count). The maximum absolute atomic E-state index is 5.72. The average molecular weight is 262 g/mol. The molecule has 96 valence electrons. The summed E-state index contributed by atoms with van der Waals surface area (Å²) < 4.78 is 11.4. The second-order valence-electron chi connectivity index (χ2n) is 4.78. The van der Waals surface area contributed by atoms with Gasteiger partial charge in [-0.1, -0.05) is 29.8 Å². The summed E-state index contributed by atoms with van der Waals surface area (Å²) in [6.45, 7) is 1.50. The molecule has 1 fully saturated rings. The van der Waals surface area contributed by atoms with Gasteiger partial charge in [0.15, 0.2) is 5.79 Å². The van der Waals surface area contributed by atoms with Gasteiger partial charge in [0.1, 0.15) is 0 Å². The van der Waals surface area contributed by atoms with E-state index >= 15 is 0 Å². The summed E-state index contributed by atoms with van der Waals surface area (Å²) >= 11 is 1.91. The van der Waals surface area contributed by atoms with Crippen molar-refractivity contribution in [1.29, 1.82) is 0 Å². The van der Waals surface area contributed by atoms with Crippen LogP contribution in [0.1, 0.15) is 19.3 Å². The Hall–Kier alpha value is -0.770. The molecule has 2 nitrogen and oxygen atoms in total. The number of benzene rings is 1. The fourth-order valence-electron chi connectivity index (χ4n) is 2.44. The predicted molar refractivity (Wildman–Crippen MR) is 73.7 cm³/mol. The second kappa shape index (κ2) is 5.47. The Morgan fingerprint density at radius 1 is 1.11 bits per heavy atom. The van der Waals surface area contributed by atoms with Gasteiger partial charge in [-0.2, -0.15) is 0 Å². The topological polar surface area (TPSA) is 18.5 Å². The van der Waals surface area contributed by atoms with Gasteiger partial charge in [-0.3, -0.25) is 0 Å². The third-order valence-electron chi connectivity index (χ3n) is 3.51. The smallest absolute Gasteiger partial charge is 0.172 e. The Kier molecular flexibility index (Phi) is 3.73. The Morgan fingerprint density at radius 2 is 1.89 bits per heavy atom. The van der Waals surface area contributed by atoms with Gasteiger partial charge in [0.05, 0.1) is 13.2 Å². The van der Waals surface area contributed by atoms with E-state index in [0.717, 1.165) is 38.2 Å². The molecule has 0 radical (unpaired) electrons. The van der Waals surface area contributed by atoms with E-state index in [1.807, 2.05) is 11.8 Å². The molecular weight excluding hydrogens is 244 g/mol. The van der Waals surface area contributed by atoms with E-state index in [1.54, 1.807) is 0 Å². The lowest BCUT2D eigenvalue weighted by Crippen LogP contribution is -2.31. The molecule has 1 aromatic carbocycles. The van der Waals surface area contributed by atoms with E-state index in [2.05, 4.69) is 36.4 Å². The SMILES string of the molecule is C1=C(CSc2ccccc2)CCC2(C1)OCCO2. The maximum Gasteiger partial charge on any atom is 0.172 e. The van der Waals surface area contributed by atoms with Gasteiger partial charge >= 0.3 is 0 Å². The van der Waals surface area contributed by atoms with Gasteiger partial charge < -0.3 is 9.47 Å². The van der Waals surface area contributed by atoms with Crippen LogP contribution in [0.3, 0.4) is 0 Å². The molecule has 1 spiro atoms. The van der Waals surface area contributed by atoms with Crippen LogP contribution >= 0.6 is 11.8 Å². The van der Waals surface area contributed by atoms with Crippen molar-refractivity contribution in [2.75, 3.05) is 19.0 Å². The first-order valence-corrected chi connectivity index (χ1v) is 7.49. The Bertz CT molecular complexity index is 421. The first-order chi connectivity index (χ1) is 8.86. The third-order valence-corrected chi connectivity index (χ3v) is 4.63. The molecule has 3 heteroatoms. The second-order valence-corrected chi connectivity index (χ2v) is 5.82. The minimum Gasteiger partial charge on any atom is -0.347 e. The van der Waals surface area contributed by atoms with Crippen LogP contribution in [0, 0.1) is 0 Å². The Labute approximate surface area is 112 Å². The number of hydrogen-bond acceptors (Lipinski definition) is 3. The molecule has 0 unspecified atom stereocenters. The van der Waals surface area contributed by atoms with Crippen LogP contribution in [0.25, 0.3) is 0 Å². The van der Waals surface area contributed by atoms with Crippen LogP contribution in [0.2, 0.25) is 0 Å². The van der Waals surface area contributed by atoms with Crippen LogP contribution in [-0.2, 0) is 9.47 Å². The number of hydrogen-bond donors (Lipinski definition) is 0. The quantitative estimate of drug-likeness (QED) is 0.612. The lowest BCUT2D eigenvalue weighted by Gasteiger charge is -2.30. The van der Waals surface area contributed by atoms with E-state index in [4.69, 9.17) is 9.47 Å². The molecule has 2 aliphatic rings. The molecular formula is C15H18O2S. The first kappa shape index (κ1) is 12.3. The monoisotopic (exact) mass is 262 g/mol. The van der Waals surface area contributed by atoms with Crippen LogP contribution in [0.5, 0.6) is 0 Å². The van der Waals surface area contributed by atoms with Crippen LogP contribution in [-0.4, -0.2) is 24.8 Å². The van der Waals surface area contributed by atoms with E-state index in [1.165, 1.54) is 10.5 Å². The highest BCUT2D eigenvalue weighted by atomic mass is 32.2. The predicted octanol–water partition coefficient (Wildman–Crippen LogP) is 3.63. The molecule has 1 aliphatic heterocycles. The molecule has 0 saturated carbocycles. The van der Waals surface area contributed by atoms with Crippen LogP contribution < -0.4 is 0 Å². The molecule has 0 amide bonds. The Balaban J connectivity index is 1.54. The highest BCUT2D eigenvalue weighted by Crippen LogP contribution is 2.36. The van der Waals surface area contributed by atoms with Gasteiger partial charge in [-0.05, 0) is 18.6 Å². The minimum absolute atomic E-state index is 0.277. The molecule has 0 aromatic heterocycles. The normalized spacial score (nSPS) is 22.1. The molecule has 18 heavy (non-hydrogen) atoms. The van der Waals surface area contributed by atoms with Crippen LogP contribution in [0.15, 0.2) is 46.9 Å². The van der Waals surface area contributed by atoms with Crippen molar-refractivity contribution in [1.82, 2.24) is 0 Å². The molecule has 1 heterocycles. The fourth-order valence-corrected chi connectivity index (χ4v) is 3.40.